The van der Waals surface area contributed by atoms with Crippen molar-refractivity contribution in [1.29, 1.82) is 5.26 Å². The Morgan fingerprint density at radius 3 is 2.91 bits per heavy atom. The van der Waals surface area contributed by atoms with Gasteiger partial charge in [0.15, 0.2) is 6.23 Å². The summed E-state index contributed by atoms with van der Waals surface area (Å²) in [4.78, 5) is 0. The lowest BCUT2D eigenvalue weighted by atomic mass is 9.75. The summed E-state index contributed by atoms with van der Waals surface area (Å²) in [6.45, 7) is 2.16. The van der Waals surface area contributed by atoms with Crippen LogP contribution >= 0.6 is 22.6 Å². The number of nitriles is 1. The Hall–Kier alpha value is -1.30. The van der Waals surface area contributed by atoms with Crippen LogP contribution in [0.1, 0.15) is 31.2 Å². The van der Waals surface area contributed by atoms with Crippen molar-refractivity contribution >= 4 is 22.6 Å². The van der Waals surface area contributed by atoms with Crippen LogP contribution in [-0.4, -0.2) is 12.3 Å². The zero-order valence-electron chi connectivity index (χ0n) is 12.3. The molecule has 0 spiro atoms. The molecule has 5 nitrogen and oxygen atoms in total. The molecule has 1 saturated heterocycles. The van der Waals surface area contributed by atoms with Gasteiger partial charge in [-0.15, -0.1) is 0 Å². The first-order valence-electron chi connectivity index (χ1n) is 7.48. The maximum absolute atomic E-state index is 9.59. The van der Waals surface area contributed by atoms with Crippen molar-refractivity contribution in [3.05, 3.63) is 44.9 Å². The zero-order valence-corrected chi connectivity index (χ0v) is 14.5. The van der Waals surface area contributed by atoms with E-state index in [1.54, 1.807) is 0 Å². The molecule has 4 N–H and O–H groups in total. The van der Waals surface area contributed by atoms with Crippen LogP contribution in [0.25, 0.3) is 0 Å². The van der Waals surface area contributed by atoms with Crippen LogP contribution in [0.15, 0.2) is 35.7 Å². The van der Waals surface area contributed by atoms with Crippen LogP contribution < -0.4 is 16.6 Å². The van der Waals surface area contributed by atoms with Gasteiger partial charge in [-0.1, -0.05) is 25.5 Å². The van der Waals surface area contributed by atoms with Crippen molar-refractivity contribution in [2.75, 3.05) is 0 Å². The smallest absolute Gasteiger partial charge is 0.200 e. The predicted molar refractivity (Wildman–Crippen MR) is 92.1 cm³/mol. The molecule has 1 aromatic carbocycles. The second kappa shape index (κ2) is 6.44. The fourth-order valence-electron chi connectivity index (χ4n) is 3.44. The van der Waals surface area contributed by atoms with E-state index in [0.29, 0.717) is 5.57 Å². The first-order valence-corrected chi connectivity index (χ1v) is 8.56. The minimum absolute atomic E-state index is 0.0440. The third-order valence-electron chi connectivity index (χ3n) is 4.37. The fourth-order valence-corrected chi connectivity index (χ4v) is 4.01. The van der Waals surface area contributed by atoms with Gasteiger partial charge < -0.3 is 10.5 Å². The summed E-state index contributed by atoms with van der Waals surface area (Å²) in [5.74, 6) is 0.344. The number of hydrogen-bond donors (Lipinski definition) is 3. The molecule has 0 bridgehead atoms. The van der Waals surface area contributed by atoms with Gasteiger partial charge in [0.1, 0.15) is 6.07 Å². The summed E-state index contributed by atoms with van der Waals surface area (Å²) in [5, 5.41) is 9.59. The lowest BCUT2D eigenvalue weighted by Gasteiger charge is -2.35. The van der Waals surface area contributed by atoms with Gasteiger partial charge in [0.25, 0.3) is 0 Å². The average Bonchev–Trinajstić information content (AvgIpc) is 2.88. The van der Waals surface area contributed by atoms with E-state index in [0.717, 1.165) is 22.0 Å². The molecule has 2 aliphatic heterocycles. The molecule has 2 aliphatic rings. The fraction of sp³-hybridized carbons (Fsp3) is 0.438. The lowest BCUT2D eigenvalue weighted by Crippen LogP contribution is -2.41. The van der Waals surface area contributed by atoms with E-state index < -0.39 is 0 Å². The van der Waals surface area contributed by atoms with Crippen molar-refractivity contribution in [3.63, 3.8) is 0 Å². The molecule has 0 radical (unpaired) electrons. The number of fused-ring (bicyclic) bond motifs is 1. The Morgan fingerprint density at radius 2 is 2.23 bits per heavy atom. The molecule has 1 fully saturated rings. The van der Waals surface area contributed by atoms with Crippen molar-refractivity contribution in [3.8, 4) is 6.07 Å². The topological polar surface area (TPSA) is 83.1 Å². The van der Waals surface area contributed by atoms with Crippen LogP contribution in [0.5, 0.6) is 0 Å². The maximum atomic E-state index is 9.59. The van der Waals surface area contributed by atoms with Crippen LogP contribution in [-0.2, 0) is 4.74 Å². The molecular formula is C16H19IN4O. The minimum Gasteiger partial charge on any atom is -0.458 e. The Bertz CT molecular complexity index is 639. The molecule has 0 amide bonds. The molecule has 2 heterocycles. The van der Waals surface area contributed by atoms with Gasteiger partial charge in [-0.05, 0) is 46.7 Å². The Kier molecular flexibility index (Phi) is 4.57. The minimum atomic E-state index is -0.198. The SMILES string of the molecule is CCCC1NNC2OC(N)=C(C#N)C(c3cccc(I)c3)C12. The highest BCUT2D eigenvalue weighted by Crippen LogP contribution is 2.43. The number of hydrogen-bond acceptors (Lipinski definition) is 5. The number of allylic oxidation sites excluding steroid dienone is 1. The van der Waals surface area contributed by atoms with Crippen molar-refractivity contribution in [2.45, 2.75) is 38.0 Å². The number of nitrogens with one attached hydrogen (secondary N) is 2. The molecule has 0 aliphatic carbocycles. The largest absolute Gasteiger partial charge is 0.458 e. The van der Waals surface area contributed by atoms with Crippen LogP contribution in [0.2, 0.25) is 0 Å². The number of rotatable bonds is 3. The van der Waals surface area contributed by atoms with Gasteiger partial charge in [-0.2, -0.15) is 5.26 Å². The van der Waals surface area contributed by atoms with E-state index in [9.17, 15) is 5.26 Å². The predicted octanol–water partition coefficient (Wildman–Crippen LogP) is 2.32. The normalized spacial score (nSPS) is 30.6. The van der Waals surface area contributed by atoms with Crippen molar-refractivity contribution in [2.24, 2.45) is 11.7 Å². The highest BCUT2D eigenvalue weighted by atomic mass is 127. The second-order valence-corrected chi connectivity index (χ2v) is 6.97. The maximum Gasteiger partial charge on any atom is 0.200 e. The summed E-state index contributed by atoms with van der Waals surface area (Å²) in [6.07, 6.45) is 1.90. The van der Waals surface area contributed by atoms with Gasteiger partial charge in [0.05, 0.1) is 5.57 Å². The van der Waals surface area contributed by atoms with Gasteiger partial charge >= 0.3 is 0 Å². The Labute approximate surface area is 144 Å². The first-order chi connectivity index (χ1) is 10.7. The quantitative estimate of drug-likeness (QED) is 0.667. The lowest BCUT2D eigenvalue weighted by molar-refractivity contribution is 0.0337. The molecule has 22 heavy (non-hydrogen) atoms. The van der Waals surface area contributed by atoms with Crippen molar-refractivity contribution < 1.29 is 4.74 Å². The standard InChI is InChI=1S/C16H19IN4O/c1-2-4-12-14-13(9-5-3-6-10(17)7-9)11(8-18)15(19)22-16(14)21-20-12/h3,5-7,12-14,16,20-21H,2,4,19H2,1H3. The number of hydrazine groups is 1. The van der Waals surface area contributed by atoms with Crippen LogP contribution in [0.3, 0.4) is 0 Å². The van der Waals surface area contributed by atoms with E-state index in [2.05, 4.69) is 64.6 Å². The van der Waals surface area contributed by atoms with Crippen LogP contribution in [0.4, 0.5) is 0 Å². The summed E-state index contributed by atoms with van der Waals surface area (Å²) in [5.41, 5.74) is 14.2. The first kappa shape index (κ1) is 15.6. The monoisotopic (exact) mass is 410 g/mol. The molecule has 3 rings (SSSR count). The average molecular weight is 410 g/mol. The highest BCUT2D eigenvalue weighted by Gasteiger charge is 2.48. The molecule has 6 heteroatoms. The summed E-state index contributed by atoms with van der Waals surface area (Å²) >= 11 is 2.30. The molecule has 1 aromatic rings. The van der Waals surface area contributed by atoms with Gasteiger partial charge in [0, 0.05) is 21.4 Å². The van der Waals surface area contributed by atoms with Crippen LogP contribution in [0, 0.1) is 20.8 Å². The summed E-state index contributed by atoms with van der Waals surface area (Å²) in [7, 11) is 0. The third kappa shape index (κ3) is 2.69. The molecule has 4 atom stereocenters. The second-order valence-electron chi connectivity index (χ2n) is 5.72. The number of halogens is 1. The van der Waals surface area contributed by atoms with E-state index in [4.69, 9.17) is 10.5 Å². The third-order valence-corrected chi connectivity index (χ3v) is 5.04. The summed E-state index contributed by atoms with van der Waals surface area (Å²) in [6, 6.07) is 10.8. The molecule has 0 saturated carbocycles. The van der Waals surface area contributed by atoms with Gasteiger partial charge in [-0.25, -0.2) is 5.43 Å². The van der Waals surface area contributed by atoms with E-state index >= 15 is 0 Å². The van der Waals surface area contributed by atoms with E-state index in [1.807, 2.05) is 6.07 Å². The number of benzene rings is 1. The summed E-state index contributed by atoms with van der Waals surface area (Å²) < 4.78 is 6.88. The van der Waals surface area contributed by atoms with E-state index in [-0.39, 0.29) is 30.0 Å². The highest BCUT2D eigenvalue weighted by molar-refractivity contribution is 14.1. The van der Waals surface area contributed by atoms with E-state index in [1.165, 1.54) is 0 Å². The number of nitrogens with zero attached hydrogens (tertiary/aromatic N) is 1. The Morgan fingerprint density at radius 1 is 1.41 bits per heavy atom. The molecule has 0 aromatic heterocycles. The zero-order chi connectivity index (χ0) is 15.7. The van der Waals surface area contributed by atoms with Crippen molar-refractivity contribution in [1.82, 2.24) is 10.9 Å². The molecule has 4 unspecified atom stereocenters. The Balaban J connectivity index is 2.07. The molecular weight excluding hydrogens is 391 g/mol. The van der Waals surface area contributed by atoms with Gasteiger partial charge in [-0.3, -0.25) is 5.43 Å². The molecule has 116 valence electrons. The number of ether oxygens (including phenoxy) is 1. The van der Waals surface area contributed by atoms with Gasteiger partial charge in [0.2, 0.25) is 5.88 Å². The number of nitrogens with two attached hydrogens (primary N) is 1.